The first-order valence-electron chi connectivity index (χ1n) is 7.37. The summed E-state index contributed by atoms with van der Waals surface area (Å²) in [5, 5.41) is 9.21. The Kier molecular flexibility index (Phi) is 4.12. The van der Waals surface area contributed by atoms with Crippen molar-refractivity contribution in [1.82, 2.24) is 0 Å². The van der Waals surface area contributed by atoms with E-state index in [0.29, 0.717) is 23.3 Å². The minimum absolute atomic E-state index is 0.0204. The van der Waals surface area contributed by atoms with Crippen molar-refractivity contribution in [3.8, 4) is 0 Å². The van der Waals surface area contributed by atoms with Crippen LogP contribution in [0.1, 0.15) is 30.1 Å². The van der Waals surface area contributed by atoms with Crippen LogP contribution in [-0.4, -0.2) is 28.9 Å². The van der Waals surface area contributed by atoms with E-state index in [-0.39, 0.29) is 22.7 Å². The first-order valence-corrected chi connectivity index (χ1v) is 8.25. The Bertz CT molecular complexity index is 606. The predicted molar refractivity (Wildman–Crippen MR) is 79.3 cm³/mol. The number of fused-ring (bicyclic) bond motifs is 1. The number of carbonyl (C=O) groups is 2. The molecule has 0 radical (unpaired) electrons. The van der Waals surface area contributed by atoms with Crippen LogP contribution in [0.5, 0.6) is 0 Å². The third kappa shape index (κ3) is 2.84. The Balaban J connectivity index is 1.60. The topological polar surface area (TPSA) is 63.6 Å². The molecule has 0 aromatic heterocycles. The van der Waals surface area contributed by atoms with Gasteiger partial charge in [0.1, 0.15) is 5.82 Å². The summed E-state index contributed by atoms with van der Waals surface area (Å²) >= 11 is 1.38. The van der Waals surface area contributed by atoms with Gasteiger partial charge in [0.05, 0.1) is 18.1 Å². The van der Waals surface area contributed by atoms with Gasteiger partial charge in [0, 0.05) is 10.1 Å². The van der Waals surface area contributed by atoms with Crippen LogP contribution in [-0.2, 0) is 9.53 Å². The third-order valence-electron chi connectivity index (χ3n) is 4.43. The number of thioether (sulfide) groups is 1. The second kappa shape index (κ2) is 5.91. The highest BCUT2D eigenvalue weighted by Gasteiger charge is 2.60. The van der Waals surface area contributed by atoms with Crippen LogP contribution in [0.25, 0.3) is 0 Å². The van der Waals surface area contributed by atoms with E-state index in [1.165, 1.54) is 30.0 Å². The van der Waals surface area contributed by atoms with Crippen molar-refractivity contribution in [1.29, 1.82) is 0 Å². The van der Waals surface area contributed by atoms with Crippen molar-refractivity contribution >= 4 is 23.7 Å². The molecule has 2 atom stereocenters. The van der Waals surface area contributed by atoms with Gasteiger partial charge < -0.3 is 9.84 Å². The number of hydrogen-bond acceptors (Lipinski definition) is 4. The zero-order valence-corrected chi connectivity index (χ0v) is 12.9. The number of esters is 1. The SMILES string of the molecule is CCOC(=O)C1C2CC(Sc3cc(C(=O)O)ccc3F)CC21. The predicted octanol–water partition coefficient (Wildman–Crippen LogP) is 3.20. The Labute approximate surface area is 132 Å². The van der Waals surface area contributed by atoms with Crippen LogP contribution in [0, 0.1) is 23.6 Å². The van der Waals surface area contributed by atoms with E-state index in [4.69, 9.17) is 9.84 Å². The van der Waals surface area contributed by atoms with E-state index in [1.807, 2.05) is 0 Å². The zero-order chi connectivity index (χ0) is 15.9. The maximum atomic E-state index is 13.8. The summed E-state index contributed by atoms with van der Waals surface area (Å²) in [4.78, 5) is 23.0. The smallest absolute Gasteiger partial charge is 0.335 e. The number of benzene rings is 1. The number of carbonyl (C=O) groups excluding carboxylic acids is 1. The fourth-order valence-corrected chi connectivity index (χ4v) is 4.75. The van der Waals surface area contributed by atoms with Crippen LogP contribution in [0.3, 0.4) is 0 Å². The molecule has 1 N–H and O–H groups in total. The molecule has 0 amide bonds. The largest absolute Gasteiger partial charge is 0.478 e. The number of ether oxygens (including phenoxy) is 1. The average Bonchev–Trinajstić information content (AvgIpc) is 2.98. The highest BCUT2D eigenvalue weighted by atomic mass is 32.2. The van der Waals surface area contributed by atoms with E-state index in [1.54, 1.807) is 6.92 Å². The molecule has 4 nitrogen and oxygen atoms in total. The summed E-state index contributed by atoms with van der Waals surface area (Å²) in [6, 6.07) is 3.85. The van der Waals surface area contributed by atoms with E-state index < -0.39 is 11.8 Å². The number of aromatic carboxylic acids is 1. The van der Waals surface area contributed by atoms with Crippen LogP contribution in [0.2, 0.25) is 0 Å². The van der Waals surface area contributed by atoms with Gasteiger partial charge in [-0.25, -0.2) is 9.18 Å². The van der Waals surface area contributed by atoms with Gasteiger partial charge in [-0.3, -0.25) is 4.79 Å². The van der Waals surface area contributed by atoms with E-state index in [9.17, 15) is 14.0 Å². The molecule has 2 aliphatic carbocycles. The van der Waals surface area contributed by atoms with Gasteiger partial charge in [0.15, 0.2) is 0 Å². The van der Waals surface area contributed by atoms with E-state index in [2.05, 4.69) is 0 Å². The monoisotopic (exact) mass is 324 g/mol. The van der Waals surface area contributed by atoms with Crippen molar-refractivity contribution in [2.75, 3.05) is 6.61 Å². The molecule has 2 fully saturated rings. The lowest BCUT2D eigenvalue weighted by Crippen LogP contribution is -2.13. The first-order chi connectivity index (χ1) is 10.5. The normalized spacial score (nSPS) is 29.0. The maximum Gasteiger partial charge on any atom is 0.335 e. The molecule has 0 spiro atoms. The third-order valence-corrected chi connectivity index (χ3v) is 5.72. The van der Waals surface area contributed by atoms with Crippen LogP contribution in [0.15, 0.2) is 23.1 Å². The van der Waals surface area contributed by atoms with Gasteiger partial charge in [-0.1, -0.05) is 0 Å². The fraction of sp³-hybridized carbons (Fsp3) is 0.500. The van der Waals surface area contributed by atoms with Gasteiger partial charge in [-0.05, 0) is 49.8 Å². The van der Waals surface area contributed by atoms with Crippen LogP contribution >= 0.6 is 11.8 Å². The molecule has 0 saturated heterocycles. The molecule has 2 unspecified atom stereocenters. The number of carboxylic acids is 1. The molecule has 2 saturated carbocycles. The highest BCUT2D eigenvalue weighted by molar-refractivity contribution is 8.00. The standard InChI is InChI=1S/C16H17FO4S/c1-2-21-16(20)14-10-6-9(7-11(10)14)22-13-5-8(15(18)19)3-4-12(13)17/h3-5,9-11,14H,2,6-7H2,1H3,(H,18,19). The Morgan fingerprint density at radius 1 is 1.36 bits per heavy atom. The van der Waals surface area contributed by atoms with Gasteiger partial charge in [0.2, 0.25) is 0 Å². The van der Waals surface area contributed by atoms with Crippen molar-refractivity contribution in [2.24, 2.45) is 17.8 Å². The lowest BCUT2D eigenvalue weighted by molar-refractivity contribution is -0.145. The second-order valence-corrected chi connectivity index (χ2v) is 7.11. The molecule has 22 heavy (non-hydrogen) atoms. The van der Waals surface area contributed by atoms with Crippen molar-refractivity contribution in [2.45, 2.75) is 29.9 Å². The Morgan fingerprint density at radius 3 is 2.64 bits per heavy atom. The average molecular weight is 324 g/mol. The molecule has 6 heteroatoms. The molecule has 1 aromatic rings. The molecule has 1 aromatic carbocycles. The maximum absolute atomic E-state index is 13.8. The lowest BCUT2D eigenvalue weighted by atomic mass is 10.1. The minimum Gasteiger partial charge on any atom is -0.478 e. The number of halogens is 1. The molecule has 0 aliphatic heterocycles. The molecule has 118 valence electrons. The number of carboxylic acid groups (broad SMARTS) is 1. The molecule has 0 heterocycles. The van der Waals surface area contributed by atoms with Crippen molar-refractivity contribution in [3.63, 3.8) is 0 Å². The van der Waals surface area contributed by atoms with Gasteiger partial charge in [0.25, 0.3) is 0 Å². The van der Waals surface area contributed by atoms with Gasteiger partial charge >= 0.3 is 11.9 Å². The second-order valence-electron chi connectivity index (χ2n) is 5.77. The molecular weight excluding hydrogens is 307 g/mol. The van der Waals surface area contributed by atoms with Gasteiger partial charge in [-0.2, -0.15) is 0 Å². The van der Waals surface area contributed by atoms with E-state index >= 15 is 0 Å². The highest BCUT2D eigenvalue weighted by Crippen LogP contribution is 2.61. The summed E-state index contributed by atoms with van der Waals surface area (Å²) in [6.45, 7) is 2.20. The van der Waals surface area contributed by atoms with Crippen molar-refractivity contribution in [3.05, 3.63) is 29.6 Å². The molecule has 3 rings (SSSR count). The zero-order valence-electron chi connectivity index (χ0n) is 12.1. The summed E-state index contributed by atoms with van der Waals surface area (Å²) in [7, 11) is 0. The first kappa shape index (κ1) is 15.3. The fourth-order valence-electron chi connectivity index (χ4n) is 3.38. The molecule has 2 aliphatic rings. The molecular formula is C16H17FO4S. The quantitative estimate of drug-likeness (QED) is 0.843. The lowest BCUT2D eigenvalue weighted by Gasteiger charge is -2.14. The van der Waals surface area contributed by atoms with Crippen LogP contribution < -0.4 is 0 Å². The Hall–Kier alpha value is -1.56. The summed E-state index contributed by atoms with van der Waals surface area (Å²) in [5.41, 5.74) is 0.0939. The minimum atomic E-state index is -1.06. The van der Waals surface area contributed by atoms with E-state index in [0.717, 1.165) is 12.8 Å². The summed E-state index contributed by atoms with van der Waals surface area (Å²) in [5.74, 6) is -0.840. The summed E-state index contributed by atoms with van der Waals surface area (Å²) in [6.07, 6.45) is 1.71. The van der Waals surface area contributed by atoms with Gasteiger partial charge in [-0.15, -0.1) is 11.8 Å². The number of hydrogen-bond donors (Lipinski definition) is 1. The number of rotatable bonds is 5. The summed E-state index contributed by atoms with van der Waals surface area (Å²) < 4.78 is 18.9. The molecule has 0 bridgehead atoms. The Morgan fingerprint density at radius 2 is 2.05 bits per heavy atom. The van der Waals surface area contributed by atoms with Crippen molar-refractivity contribution < 1.29 is 23.8 Å². The van der Waals surface area contributed by atoms with Crippen LogP contribution in [0.4, 0.5) is 4.39 Å².